The molecule has 0 aromatic rings. The van der Waals surface area contributed by atoms with E-state index in [1.807, 2.05) is 6.92 Å². The zero-order valence-corrected chi connectivity index (χ0v) is 7.64. The Balaban J connectivity index is 3.09. The van der Waals surface area contributed by atoms with Crippen molar-refractivity contribution in [2.45, 2.75) is 13.3 Å². The number of ketones is 2. The largest absolute Gasteiger partial charge is 0.286 e. The smallest absolute Gasteiger partial charge is 0.229 e. The Kier molecular flexibility index (Phi) is 2.39. The molecule has 0 aromatic carbocycles. The number of hydrogen-bond acceptors (Lipinski definition) is 2. The van der Waals surface area contributed by atoms with Crippen LogP contribution in [0.2, 0.25) is 0 Å². The third kappa shape index (κ3) is 1.48. The van der Waals surface area contributed by atoms with Crippen LogP contribution in [0, 0.1) is 0 Å². The molecule has 3 heteroatoms. The molecule has 0 saturated heterocycles. The van der Waals surface area contributed by atoms with Crippen LogP contribution in [0.15, 0.2) is 22.2 Å². The number of halogens is 1. The molecule has 1 rings (SSSR count). The van der Waals surface area contributed by atoms with Crippen molar-refractivity contribution in [1.82, 2.24) is 0 Å². The van der Waals surface area contributed by atoms with Gasteiger partial charge in [-0.05, 0) is 18.6 Å². The molecule has 58 valence electrons. The lowest BCUT2D eigenvalue weighted by Crippen LogP contribution is -2.16. The summed E-state index contributed by atoms with van der Waals surface area (Å²) in [6, 6.07) is 0. The number of allylic oxidation sites excluding steroid dienone is 4. The number of rotatable bonds is 1. The monoisotopic (exact) mass is 214 g/mol. The minimum atomic E-state index is -0.426. The molecule has 2 nitrogen and oxygen atoms in total. The summed E-state index contributed by atoms with van der Waals surface area (Å²) in [7, 11) is 0. The van der Waals surface area contributed by atoms with Crippen LogP contribution in [-0.4, -0.2) is 11.6 Å². The summed E-state index contributed by atoms with van der Waals surface area (Å²) in [6.07, 6.45) is 3.49. The molecule has 0 spiro atoms. The van der Waals surface area contributed by atoms with Crippen molar-refractivity contribution in [2.24, 2.45) is 0 Å². The fourth-order valence-electron chi connectivity index (χ4n) is 0.912. The van der Waals surface area contributed by atoms with E-state index in [1.165, 1.54) is 6.08 Å². The summed E-state index contributed by atoms with van der Waals surface area (Å²) in [5.41, 5.74) is 0.567. The summed E-state index contributed by atoms with van der Waals surface area (Å²) in [5.74, 6) is -0.813. The second-order valence-electron chi connectivity index (χ2n) is 2.21. The Morgan fingerprint density at radius 3 is 2.45 bits per heavy atom. The topological polar surface area (TPSA) is 34.1 Å². The second kappa shape index (κ2) is 3.13. The summed E-state index contributed by atoms with van der Waals surface area (Å²) in [6.45, 7) is 1.85. The van der Waals surface area contributed by atoms with Crippen molar-refractivity contribution in [3.63, 3.8) is 0 Å². The number of hydrogen-bond donors (Lipinski definition) is 0. The summed E-state index contributed by atoms with van der Waals surface area (Å²) >= 11 is 3.20. The predicted molar refractivity (Wildman–Crippen MR) is 45.4 cm³/mol. The van der Waals surface area contributed by atoms with E-state index in [4.69, 9.17) is 0 Å². The molecule has 1 aliphatic carbocycles. The molecule has 11 heavy (non-hydrogen) atoms. The van der Waals surface area contributed by atoms with Gasteiger partial charge in [-0.2, -0.15) is 0 Å². The van der Waals surface area contributed by atoms with Gasteiger partial charge in [-0.25, -0.2) is 0 Å². The molecule has 0 fully saturated rings. The predicted octanol–water partition coefficient (Wildman–Crippen LogP) is 1.75. The zero-order chi connectivity index (χ0) is 8.43. The van der Waals surface area contributed by atoms with Gasteiger partial charge in [0.25, 0.3) is 0 Å². The lowest BCUT2D eigenvalue weighted by atomic mass is 10.0. The maximum atomic E-state index is 11.1. The fourth-order valence-corrected chi connectivity index (χ4v) is 1.50. The molecule has 0 heterocycles. The normalized spacial score (nSPS) is 18.0. The Bertz CT molecular complexity index is 274. The third-order valence-electron chi connectivity index (χ3n) is 1.52. The van der Waals surface area contributed by atoms with Gasteiger partial charge >= 0.3 is 0 Å². The zero-order valence-electron chi connectivity index (χ0n) is 6.06. The van der Waals surface area contributed by atoms with Gasteiger partial charge in [-0.3, -0.25) is 9.59 Å². The van der Waals surface area contributed by atoms with Crippen LogP contribution in [0.25, 0.3) is 0 Å². The van der Waals surface area contributed by atoms with E-state index < -0.39 is 5.78 Å². The Morgan fingerprint density at radius 2 is 2.00 bits per heavy atom. The van der Waals surface area contributed by atoms with Crippen molar-refractivity contribution < 1.29 is 9.59 Å². The van der Waals surface area contributed by atoms with E-state index in [-0.39, 0.29) is 5.78 Å². The van der Waals surface area contributed by atoms with Crippen molar-refractivity contribution in [3.05, 3.63) is 22.2 Å². The fraction of sp³-hybridized carbons (Fsp3) is 0.250. The molecule has 0 radical (unpaired) electrons. The van der Waals surface area contributed by atoms with Crippen LogP contribution in [0.3, 0.4) is 0 Å². The summed E-state index contributed by atoms with van der Waals surface area (Å²) in [4.78, 5) is 21.9. The average molecular weight is 215 g/mol. The van der Waals surface area contributed by atoms with Crippen LogP contribution >= 0.6 is 15.9 Å². The van der Waals surface area contributed by atoms with Crippen LogP contribution in [-0.2, 0) is 9.59 Å². The van der Waals surface area contributed by atoms with Gasteiger partial charge in [0, 0.05) is 10.1 Å². The van der Waals surface area contributed by atoms with E-state index in [2.05, 4.69) is 15.9 Å². The van der Waals surface area contributed by atoms with E-state index in [1.54, 1.807) is 6.08 Å². The van der Waals surface area contributed by atoms with Gasteiger partial charge in [-0.15, -0.1) is 0 Å². The second-order valence-corrected chi connectivity index (χ2v) is 3.06. The van der Waals surface area contributed by atoms with Crippen LogP contribution in [0.1, 0.15) is 13.3 Å². The van der Waals surface area contributed by atoms with Crippen molar-refractivity contribution in [1.29, 1.82) is 0 Å². The first-order valence-corrected chi connectivity index (χ1v) is 4.11. The number of Topliss-reactive ketones (excluding diaryl/α,β-unsaturated/α-hetero) is 1. The maximum Gasteiger partial charge on any atom is 0.229 e. The Labute approximate surface area is 73.1 Å². The minimum Gasteiger partial charge on any atom is -0.286 e. The third-order valence-corrected chi connectivity index (χ3v) is 2.26. The van der Waals surface area contributed by atoms with Gasteiger partial charge in [0.1, 0.15) is 0 Å². The Morgan fingerprint density at radius 1 is 1.36 bits per heavy atom. The summed E-state index contributed by atoms with van der Waals surface area (Å²) in [5, 5.41) is 0. The molecular weight excluding hydrogens is 208 g/mol. The molecular formula is C8H7BrO2. The quantitative estimate of drug-likeness (QED) is 0.493. The highest BCUT2D eigenvalue weighted by molar-refractivity contribution is 9.12. The van der Waals surface area contributed by atoms with Crippen molar-refractivity contribution in [3.8, 4) is 0 Å². The highest BCUT2D eigenvalue weighted by Crippen LogP contribution is 2.21. The van der Waals surface area contributed by atoms with Crippen LogP contribution in [0.5, 0.6) is 0 Å². The first-order chi connectivity index (χ1) is 5.16. The van der Waals surface area contributed by atoms with Gasteiger partial charge in [0.2, 0.25) is 11.6 Å². The van der Waals surface area contributed by atoms with Gasteiger partial charge in [0.15, 0.2) is 0 Å². The van der Waals surface area contributed by atoms with Gasteiger partial charge in [-0.1, -0.05) is 22.9 Å². The molecule has 0 saturated carbocycles. The summed E-state index contributed by atoms with van der Waals surface area (Å²) < 4.78 is 0.726. The molecule has 0 aromatic heterocycles. The molecule has 0 atom stereocenters. The van der Waals surface area contributed by atoms with E-state index in [0.29, 0.717) is 12.0 Å². The minimum absolute atomic E-state index is 0.387. The lowest BCUT2D eigenvalue weighted by Gasteiger charge is -2.06. The molecule has 0 aliphatic heterocycles. The van der Waals surface area contributed by atoms with Gasteiger partial charge < -0.3 is 0 Å². The number of carbonyl (C=O) groups is 2. The van der Waals surface area contributed by atoms with Crippen LogP contribution < -0.4 is 0 Å². The van der Waals surface area contributed by atoms with Crippen LogP contribution in [0.4, 0.5) is 0 Å². The van der Waals surface area contributed by atoms with Gasteiger partial charge in [0.05, 0.1) is 0 Å². The van der Waals surface area contributed by atoms with Crippen molar-refractivity contribution >= 4 is 27.5 Å². The number of carbonyl (C=O) groups excluding carboxylic acids is 2. The SMILES string of the molecule is CCC1=C(Br)C=CC(=O)C1=O. The molecule has 1 aliphatic rings. The Hall–Kier alpha value is -0.700. The molecule has 0 amide bonds. The lowest BCUT2D eigenvalue weighted by molar-refractivity contribution is -0.131. The highest BCUT2D eigenvalue weighted by atomic mass is 79.9. The molecule has 0 unspecified atom stereocenters. The first kappa shape index (κ1) is 8.40. The maximum absolute atomic E-state index is 11.1. The highest BCUT2D eigenvalue weighted by Gasteiger charge is 2.20. The molecule has 0 N–H and O–H groups in total. The van der Waals surface area contributed by atoms with E-state index in [0.717, 1.165) is 4.48 Å². The van der Waals surface area contributed by atoms with E-state index >= 15 is 0 Å². The molecule has 0 bridgehead atoms. The van der Waals surface area contributed by atoms with E-state index in [9.17, 15) is 9.59 Å². The first-order valence-electron chi connectivity index (χ1n) is 3.32. The average Bonchev–Trinajstić information content (AvgIpc) is 1.99. The van der Waals surface area contributed by atoms with Crippen molar-refractivity contribution in [2.75, 3.05) is 0 Å². The standard InChI is InChI=1S/C8H7BrO2/c1-2-5-6(9)3-4-7(10)8(5)11/h3-4H,2H2,1H3.